The van der Waals surface area contributed by atoms with Crippen LogP contribution in [0.15, 0.2) is 11.6 Å². The fourth-order valence-electron chi connectivity index (χ4n) is 4.16. The highest BCUT2D eigenvalue weighted by molar-refractivity contribution is 7.84. The lowest BCUT2D eigenvalue weighted by Crippen LogP contribution is -2.53. The number of hydrogen-bond donors (Lipinski definition) is 1. The molecule has 2 fully saturated rings. The Kier molecular flexibility index (Phi) is 5.54. The van der Waals surface area contributed by atoms with E-state index in [1.54, 1.807) is 0 Å². The molecule has 3 aliphatic rings. The van der Waals surface area contributed by atoms with Crippen LogP contribution in [0.5, 0.6) is 0 Å². The van der Waals surface area contributed by atoms with E-state index in [-0.39, 0.29) is 22.3 Å². The number of nitrogens with one attached hydrogen (secondary N) is 1. The van der Waals surface area contributed by atoms with Gasteiger partial charge in [0.25, 0.3) is 0 Å². The minimum absolute atomic E-state index is 0.0807. The van der Waals surface area contributed by atoms with E-state index in [4.69, 9.17) is 4.74 Å². The highest BCUT2D eigenvalue weighted by atomic mass is 32.2. The first-order chi connectivity index (χ1) is 12.4. The molecule has 0 bridgehead atoms. The van der Waals surface area contributed by atoms with Crippen LogP contribution in [0.25, 0.3) is 0 Å². The Hall–Kier alpha value is -0.880. The van der Waals surface area contributed by atoms with Crippen LogP contribution in [0.3, 0.4) is 0 Å². The molecule has 0 radical (unpaired) electrons. The van der Waals surface area contributed by atoms with E-state index in [0.717, 1.165) is 19.3 Å². The van der Waals surface area contributed by atoms with E-state index < -0.39 is 16.6 Å². The molecule has 3 rings (SSSR count). The third kappa shape index (κ3) is 4.76. The highest BCUT2D eigenvalue weighted by Gasteiger charge is 2.50. The quantitative estimate of drug-likeness (QED) is 0.729. The number of amides is 1. The van der Waals surface area contributed by atoms with E-state index in [1.807, 2.05) is 46.4 Å². The van der Waals surface area contributed by atoms with Gasteiger partial charge < -0.3 is 9.64 Å². The van der Waals surface area contributed by atoms with Gasteiger partial charge in [0, 0.05) is 19.1 Å². The minimum Gasteiger partial charge on any atom is -0.444 e. The fourth-order valence-corrected chi connectivity index (χ4v) is 5.11. The first kappa shape index (κ1) is 20.8. The number of rotatable bonds is 3. The number of nitrogens with zero attached hydrogens (tertiary/aromatic N) is 1. The van der Waals surface area contributed by atoms with Gasteiger partial charge in [-0.25, -0.2) is 13.7 Å². The number of carbonyl (C=O) groups is 1. The molecule has 1 N–H and O–H groups in total. The predicted octanol–water partition coefficient (Wildman–Crippen LogP) is 4.16. The fraction of sp³-hybridized carbons (Fsp3) is 0.857. The number of allylic oxidation sites excluding steroid dienone is 1. The summed E-state index contributed by atoms with van der Waals surface area (Å²) in [6, 6.07) is 0.172. The van der Waals surface area contributed by atoms with Gasteiger partial charge >= 0.3 is 6.09 Å². The summed E-state index contributed by atoms with van der Waals surface area (Å²) in [5.41, 5.74) is 1.09. The predicted molar refractivity (Wildman–Crippen MR) is 110 cm³/mol. The van der Waals surface area contributed by atoms with E-state index in [0.29, 0.717) is 19.0 Å². The SMILES string of the molecule is CC(C)(C)OC(=O)N1CCC2(CC=C(C3CC3)[C@H]2N[S@](=O)C(C)(C)C)CC1. The third-order valence-corrected chi connectivity index (χ3v) is 7.49. The standard InChI is InChI=1S/C21H36N2O3S/c1-19(2,3)26-18(24)23-13-11-21(12-14-23)10-9-16(15-7-8-15)17(21)22-27(25)20(4,5)6/h9,15,17,22H,7-8,10-14H2,1-6H3/t17-,27-/m1/s1. The van der Waals surface area contributed by atoms with E-state index in [2.05, 4.69) is 10.8 Å². The summed E-state index contributed by atoms with van der Waals surface area (Å²) in [5, 5.41) is 0. The molecule has 2 atom stereocenters. The van der Waals surface area contributed by atoms with Crippen molar-refractivity contribution in [2.75, 3.05) is 13.1 Å². The maximum Gasteiger partial charge on any atom is 0.410 e. The van der Waals surface area contributed by atoms with Crippen molar-refractivity contribution in [2.24, 2.45) is 11.3 Å². The molecule has 1 heterocycles. The molecular weight excluding hydrogens is 360 g/mol. The number of ether oxygens (including phenoxy) is 1. The van der Waals surface area contributed by atoms with Gasteiger partial charge in [0.2, 0.25) is 0 Å². The molecular formula is C21H36N2O3S. The van der Waals surface area contributed by atoms with Crippen LogP contribution in [0.2, 0.25) is 0 Å². The molecule has 6 heteroatoms. The van der Waals surface area contributed by atoms with E-state index >= 15 is 0 Å². The maximum absolute atomic E-state index is 12.9. The maximum atomic E-state index is 12.9. The Morgan fingerprint density at radius 3 is 2.26 bits per heavy atom. The molecule has 1 amide bonds. The number of piperidine rings is 1. The smallest absolute Gasteiger partial charge is 0.410 e. The van der Waals surface area contributed by atoms with Crippen LogP contribution in [-0.2, 0) is 15.7 Å². The molecule has 0 aromatic heterocycles. The van der Waals surface area contributed by atoms with Crippen molar-refractivity contribution in [1.82, 2.24) is 9.62 Å². The number of carbonyl (C=O) groups excluding carboxylic acids is 1. The molecule has 0 aromatic carbocycles. The molecule has 0 unspecified atom stereocenters. The van der Waals surface area contributed by atoms with E-state index in [9.17, 15) is 9.00 Å². The molecule has 1 saturated carbocycles. The van der Waals surface area contributed by atoms with Crippen LogP contribution in [0.4, 0.5) is 4.79 Å². The first-order valence-corrected chi connectivity index (χ1v) is 11.4. The zero-order valence-electron chi connectivity index (χ0n) is 17.8. The van der Waals surface area contributed by atoms with E-state index in [1.165, 1.54) is 18.4 Å². The first-order valence-electron chi connectivity index (χ1n) is 10.3. The molecule has 154 valence electrons. The molecule has 0 aromatic rings. The van der Waals surface area contributed by atoms with Crippen molar-refractivity contribution in [3.63, 3.8) is 0 Å². The summed E-state index contributed by atoms with van der Waals surface area (Å²) in [4.78, 5) is 14.3. The number of likely N-dealkylation sites (tertiary alicyclic amines) is 1. The Morgan fingerprint density at radius 2 is 1.78 bits per heavy atom. The van der Waals surface area contributed by atoms with Gasteiger partial charge in [-0.1, -0.05) is 11.6 Å². The molecule has 1 aliphatic heterocycles. The van der Waals surface area contributed by atoms with Gasteiger partial charge in [-0.3, -0.25) is 0 Å². The topological polar surface area (TPSA) is 58.6 Å². The van der Waals surface area contributed by atoms with Crippen LogP contribution in [0, 0.1) is 11.3 Å². The van der Waals surface area contributed by atoms with Gasteiger partial charge in [0.05, 0.1) is 15.7 Å². The van der Waals surface area contributed by atoms with Crippen molar-refractivity contribution in [3.05, 3.63) is 11.6 Å². The zero-order valence-corrected chi connectivity index (χ0v) is 18.6. The summed E-state index contributed by atoms with van der Waals surface area (Å²) in [6.07, 6.45) is 7.58. The Morgan fingerprint density at radius 1 is 1.19 bits per heavy atom. The van der Waals surface area contributed by atoms with Crippen LogP contribution >= 0.6 is 0 Å². The lowest BCUT2D eigenvalue weighted by Gasteiger charge is -2.44. The summed E-state index contributed by atoms with van der Waals surface area (Å²) >= 11 is 0. The second-order valence-electron chi connectivity index (χ2n) is 10.4. The normalized spacial score (nSPS) is 26.8. The van der Waals surface area contributed by atoms with Crippen molar-refractivity contribution in [2.45, 2.75) is 90.0 Å². The molecule has 27 heavy (non-hydrogen) atoms. The van der Waals surface area contributed by atoms with Crippen LogP contribution < -0.4 is 4.72 Å². The number of hydrogen-bond acceptors (Lipinski definition) is 3. The van der Waals surface area contributed by atoms with Gasteiger partial charge in [-0.2, -0.15) is 0 Å². The van der Waals surface area contributed by atoms with Crippen LogP contribution in [-0.4, -0.2) is 44.7 Å². The van der Waals surface area contributed by atoms with Crippen molar-refractivity contribution in [1.29, 1.82) is 0 Å². The average molecular weight is 397 g/mol. The summed E-state index contributed by atoms with van der Waals surface area (Å²) in [6.45, 7) is 13.2. The van der Waals surface area contributed by atoms with Gasteiger partial charge in [-0.15, -0.1) is 0 Å². The Labute approximate surface area is 166 Å². The second-order valence-corrected chi connectivity index (χ2v) is 12.4. The molecule has 5 nitrogen and oxygen atoms in total. The summed E-state index contributed by atoms with van der Waals surface area (Å²) in [7, 11) is -1.09. The van der Waals surface area contributed by atoms with Gasteiger partial charge in [0.1, 0.15) is 5.60 Å². The Balaban J connectivity index is 1.69. The minimum atomic E-state index is -1.09. The second kappa shape index (κ2) is 7.18. The van der Waals surface area contributed by atoms with Crippen molar-refractivity contribution >= 4 is 17.1 Å². The highest BCUT2D eigenvalue weighted by Crippen LogP contribution is 2.52. The van der Waals surface area contributed by atoms with Gasteiger partial charge in [-0.05, 0) is 85.0 Å². The zero-order chi connectivity index (χ0) is 20.0. The molecule has 1 saturated heterocycles. The monoisotopic (exact) mass is 396 g/mol. The third-order valence-electron chi connectivity index (χ3n) is 5.93. The van der Waals surface area contributed by atoms with Gasteiger partial charge in [0.15, 0.2) is 0 Å². The largest absolute Gasteiger partial charge is 0.444 e. The molecule has 2 aliphatic carbocycles. The van der Waals surface area contributed by atoms with Crippen molar-refractivity contribution in [3.8, 4) is 0 Å². The van der Waals surface area contributed by atoms with Crippen LogP contribution in [0.1, 0.15) is 73.6 Å². The summed E-state index contributed by atoms with van der Waals surface area (Å²) in [5.74, 6) is 0.669. The lowest BCUT2D eigenvalue weighted by molar-refractivity contribution is 0.00879. The molecule has 1 spiro atoms. The van der Waals surface area contributed by atoms with Crippen molar-refractivity contribution < 1.29 is 13.7 Å². The average Bonchev–Trinajstić information content (AvgIpc) is 3.32. The Bertz CT molecular complexity index is 633. The lowest BCUT2D eigenvalue weighted by atomic mass is 9.72. The summed E-state index contributed by atoms with van der Waals surface area (Å²) < 4.78 is 21.6.